The summed E-state index contributed by atoms with van der Waals surface area (Å²) in [5.41, 5.74) is 7.04. The van der Waals surface area contributed by atoms with E-state index < -0.39 is 0 Å². The van der Waals surface area contributed by atoms with Gasteiger partial charge in [0.25, 0.3) is 0 Å². The van der Waals surface area contributed by atoms with E-state index in [0.29, 0.717) is 0 Å². The first-order valence-corrected chi connectivity index (χ1v) is 6.56. The summed E-state index contributed by atoms with van der Waals surface area (Å²) in [6, 6.07) is 6.00. The van der Waals surface area contributed by atoms with Crippen LogP contribution in [0, 0.1) is 0 Å². The summed E-state index contributed by atoms with van der Waals surface area (Å²) in [5, 5.41) is 1.59. The molecular formula is C12H14ClN3S. The molecule has 0 spiro atoms. The minimum atomic E-state index is 0.132. The predicted octanol–water partition coefficient (Wildman–Crippen LogP) is 3.10. The van der Waals surface area contributed by atoms with E-state index in [2.05, 4.69) is 9.97 Å². The second kappa shape index (κ2) is 5.58. The number of rotatable bonds is 4. The van der Waals surface area contributed by atoms with E-state index in [-0.39, 0.29) is 6.04 Å². The molecule has 1 heterocycles. The Labute approximate surface area is 110 Å². The molecule has 1 atom stereocenters. The van der Waals surface area contributed by atoms with Crippen LogP contribution in [0.2, 0.25) is 5.02 Å². The summed E-state index contributed by atoms with van der Waals surface area (Å²) >= 11 is 7.59. The Morgan fingerprint density at radius 1 is 1.53 bits per heavy atom. The second-order valence-electron chi connectivity index (χ2n) is 3.93. The lowest BCUT2D eigenvalue weighted by Gasteiger charge is -2.10. The molecule has 0 saturated heterocycles. The lowest BCUT2D eigenvalue weighted by Crippen LogP contribution is -2.18. The molecule has 3 N–H and O–H groups in total. The third-order valence-electron chi connectivity index (χ3n) is 2.25. The van der Waals surface area contributed by atoms with E-state index in [0.717, 1.165) is 21.5 Å². The Bertz CT molecular complexity index is 483. The van der Waals surface area contributed by atoms with Crippen LogP contribution < -0.4 is 5.73 Å². The molecule has 0 aliphatic rings. The third kappa shape index (κ3) is 3.49. The van der Waals surface area contributed by atoms with Crippen LogP contribution in [0.4, 0.5) is 0 Å². The molecule has 5 heteroatoms. The van der Waals surface area contributed by atoms with Gasteiger partial charge in [-0.25, -0.2) is 4.98 Å². The molecule has 1 aromatic heterocycles. The van der Waals surface area contributed by atoms with Gasteiger partial charge in [0.1, 0.15) is 0 Å². The Morgan fingerprint density at radius 3 is 3.00 bits per heavy atom. The van der Waals surface area contributed by atoms with Crippen LogP contribution in [0.5, 0.6) is 0 Å². The highest BCUT2D eigenvalue weighted by Gasteiger charge is 2.08. The number of aromatic amines is 1. The van der Waals surface area contributed by atoms with Crippen molar-refractivity contribution in [1.82, 2.24) is 9.97 Å². The van der Waals surface area contributed by atoms with Crippen LogP contribution >= 0.6 is 23.4 Å². The Kier molecular flexibility index (Phi) is 4.10. The van der Waals surface area contributed by atoms with E-state index in [1.165, 1.54) is 5.56 Å². The maximum absolute atomic E-state index is 6.02. The summed E-state index contributed by atoms with van der Waals surface area (Å²) in [4.78, 5) is 8.36. The zero-order valence-electron chi connectivity index (χ0n) is 9.48. The Hall–Kier alpha value is -0.970. The molecule has 0 bridgehead atoms. The first kappa shape index (κ1) is 12.5. The van der Waals surface area contributed by atoms with Crippen LogP contribution in [0.3, 0.4) is 0 Å². The fourth-order valence-electron chi connectivity index (χ4n) is 1.55. The van der Waals surface area contributed by atoms with Crippen molar-refractivity contribution in [3.05, 3.63) is 41.2 Å². The van der Waals surface area contributed by atoms with E-state index in [4.69, 9.17) is 17.3 Å². The summed E-state index contributed by atoms with van der Waals surface area (Å²) in [7, 11) is 0. The number of hydrogen-bond donors (Lipinski definition) is 2. The maximum Gasteiger partial charge on any atom is 0.170 e. The van der Waals surface area contributed by atoms with Gasteiger partial charge in [0.2, 0.25) is 0 Å². The zero-order valence-corrected chi connectivity index (χ0v) is 11.1. The van der Waals surface area contributed by atoms with E-state index >= 15 is 0 Å². The SMILES string of the molecule is CC(N)Cc1ccc(Cl)cc1Sc1ncc[nH]1. The molecule has 0 fully saturated rings. The number of hydrogen-bond acceptors (Lipinski definition) is 3. The van der Waals surface area contributed by atoms with Crippen molar-refractivity contribution in [3.63, 3.8) is 0 Å². The quantitative estimate of drug-likeness (QED) is 0.895. The fraction of sp³-hybridized carbons (Fsp3) is 0.250. The fourth-order valence-corrected chi connectivity index (χ4v) is 2.70. The Balaban J connectivity index is 2.26. The average Bonchev–Trinajstić information content (AvgIpc) is 2.74. The number of imidazole rings is 1. The minimum Gasteiger partial charge on any atom is -0.339 e. The molecule has 0 aliphatic carbocycles. The van der Waals surface area contributed by atoms with Gasteiger partial charge in [-0.3, -0.25) is 0 Å². The number of aromatic nitrogens is 2. The highest BCUT2D eigenvalue weighted by atomic mass is 35.5. The molecule has 2 rings (SSSR count). The summed E-state index contributed by atoms with van der Waals surface area (Å²) in [5.74, 6) is 0. The maximum atomic E-state index is 6.02. The largest absolute Gasteiger partial charge is 0.339 e. The number of nitrogens with zero attached hydrogens (tertiary/aromatic N) is 1. The first-order chi connectivity index (χ1) is 8.15. The molecule has 0 saturated carbocycles. The van der Waals surface area contributed by atoms with Gasteiger partial charge in [-0.15, -0.1) is 0 Å². The molecule has 0 radical (unpaired) electrons. The van der Waals surface area contributed by atoms with Gasteiger partial charge < -0.3 is 10.7 Å². The summed E-state index contributed by atoms with van der Waals surface area (Å²) in [6.45, 7) is 2.00. The first-order valence-electron chi connectivity index (χ1n) is 5.36. The molecule has 17 heavy (non-hydrogen) atoms. The predicted molar refractivity (Wildman–Crippen MR) is 71.5 cm³/mol. The second-order valence-corrected chi connectivity index (χ2v) is 5.40. The molecular weight excluding hydrogens is 254 g/mol. The molecule has 1 aromatic carbocycles. The number of nitrogens with one attached hydrogen (secondary N) is 1. The number of H-pyrrole nitrogens is 1. The van der Waals surface area contributed by atoms with Crippen molar-refractivity contribution in [2.75, 3.05) is 0 Å². The lowest BCUT2D eigenvalue weighted by atomic mass is 10.1. The van der Waals surface area contributed by atoms with Gasteiger partial charge in [-0.05, 0) is 31.0 Å². The topological polar surface area (TPSA) is 54.7 Å². The standard InChI is InChI=1S/C12H14ClN3S/c1-8(14)6-9-2-3-10(13)7-11(9)17-12-15-4-5-16-12/h2-5,7-8H,6,14H2,1H3,(H,15,16). The summed E-state index contributed by atoms with van der Waals surface area (Å²) in [6.07, 6.45) is 4.37. The van der Waals surface area contributed by atoms with Crippen LogP contribution in [0.1, 0.15) is 12.5 Å². The molecule has 3 nitrogen and oxygen atoms in total. The van der Waals surface area contributed by atoms with Gasteiger partial charge in [-0.1, -0.05) is 29.4 Å². The van der Waals surface area contributed by atoms with Gasteiger partial charge >= 0.3 is 0 Å². The van der Waals surface area contributed by atoms with Crippen LogP contribution in [0.15, 0.2) is 40.6 Å². The van der Waals surface area contributed by atoms with Crippen molar-refractivity contribution < 1.29 is 0 Å². The Morgan fingerprint density at radius 2 is 2.35 bits per heavy atom. The monoisotopic (exact) mass is 267 g/mol. The van der Waals surface area contributed by atoms with Gasteiger partial charge in [0.05, 0.1) is 0 Å². The van der Waals surface area contributed by atoms with Crippen LogP contribution in [-0.2, 0) is 6.42 Å². The van der Waals surface area contributed by atoms with E-state index in [1.807, 2.05) is 25.1 Å². The molecule has 1 unspecified atom stereocenters. The van der Waals surface area contributed by atoms with E-state index in [1.54, 1.807) is 24.2 Å². The van der Waals surface area contributed by atoms with Crippen molar-refractivity contribution >= 4 is 23.4 Å². The zero-order chi connectivity index (χ0) is 12.3. The van der Waals surface area contributed by atoms with E-state index in [9.17, 15) is 0 Å². The minimum absolute atomic E-state index is 0.132. The van der Waals surface area contributed by atoms with Crippen LogP contribution in [-0.4, -0.2) is 16.0 Å². The van der Waals surface area contributed by atoms with Gasteiger partial charge in [-0.2, -0.15) is 0 Å². The molecule has 2 aromatic rings. The molecule has 0 aliphatic heterocycles. The van der Waals surface area contributed by atoms with Gasteiger partial charge in [0.15, 0.2) is 5.16 Å². The third-order valence-corrected chi connectivity index (χ3v) is 3.50. The highest BCUT2D eigenvalue weighted by Crippen LogP contribution is 2.30. The number of halogens is 1. The lowest BCUT2D eigenvalue weighted by molar-refractivity contribution is 0.729. The summed E-state index contributed by atoms with van der Waals surface area (Å²) < 4.78 is 0. The molecule has 0 amide bonds. The van der Waals surface area contributed by atoms with Crippen LogP contribution in [0.25, 0.3) is 0 Å². The van der Waals surface area contributed by atoms with Crippen molar-refractivity contribution in [1.29, 1.82) is 0 Å². The van der Waals surface area contributed by atoms with Crippen molar-refractivity contribution in [2.45, 2.75) is 29.4 Å². The van der Waals surface area contributed by atoms with Crippen molar-refractivity contribution in [3.8, 4) is 0 Å². The van der Waals surface area contributed by atoms with Crippen molar-refractivity contribution in [2.24, 2.45) is 5.73 Å². The molecule has 90 valence electrons. The smallest absolute Gasteiger partial charge is 0.170 e. The highest BCUT2D eigenvalue weighted by molar-refractivity contribution is 7.99. The normalized spacial score (nSPS) is 12.6. The van der Waals surface area contributed by atoms with Gasteiger partial charge in [0, 0.05) is 28.4 Å². The number of benzene rings is 1. The number of nitrogens with two attached hydrogens (primary N) is 1. The average molecular weight is 268 g/mol.